The van der Waals surface area contributed by atoms with Crippen LogP contribution in [0.3, 0.4) is 0 Å². The van der Waals surface area contributed by atoms with Crippen LogP contribution in [-0.4, -0.2) is 10.9 Å². The first kappa shape index (κ1) is 14.3. The van der Waals surface area contributed by atoms with Crippen LogP contribution in [0.2, 0.25) is 0 Å². The summed E-state index contributed by atoms with van der Waals surface area (Å²) in [6.07, 6.45) is 0. The minimum absolute atomic E-state index is 0.0930. The monoisotopic (exact) mass is 295 g/mol. The first-order chi connectivity index (χ1) is 9.99. The summed E-state index contributed by atoms with van der Waals surface area (Å²) in [7, 11) is 0. The Labute approximate surface area is 125 Å². The molecule has 1 heterocycles. The Kier molecular flexibility index (Phi) is 3.70. The fourth-order valence-corrected chi connectivity index (χ4v) is 2.19. The highest BCUT2D eigenvalue weighted by atomic mass is 32.1. The molecule has 5 N–H and O–H groups in total. The predicted molar refractivity (Wildman–Crippen MR) is 79.4 cm³/mol. The van der Waals surface area contributed by atoms with Crippen LogP contribution in [0.15, 0.2) is 24.3 Å². The van der Waals surface area contributed by atoms with Crippen LogP contribution in [0.25, 0.3) is 11.1 Å². The summed E-state index contributed by atoms with van der Waals surface area (Å²) >= 11 is 5.06. The number of hydrogen-bond donors (Lipinski definition) is 3. The van der Waals surface area contributed by atoms with Gasteiger partial charge in [-0.25, -0.2) is 0 Å². The molecule has 7 heteroatoms. The second kappa shape index (κ2) is 5.45. The van der Waals surface area contributed by atoms with E-state index in [1.807, 2.05) is 12.1 Å². The second-order valence-corrected chi connectivity index (χ2v) is 4.57. The van der Waals surface area contributed by atoms with E-state index in [1.165, 1.54) is 12.1 Å². The lowest BCUT2D eigenvalue weighted by atomic mass is 9.96. The van der Waals surface area contributed by atoms with E-state index in [2.05, 4.69) is 4.98 Å². The van der Waals surface area contributed by atoms with Gasteiger partial charge in [0.1, 0.15) is 28.2 Å². The van der Waals surface area contributed by atoms with Crippen molar-refractivity contribution in [3.05, 3.63) is 45.6 Å². The van der Waals surface area contributed by atoms with Crippen molar-refractivity contribution >= 4 is 23.9 Å². The van der Waals surface area contributed by atoms with E-state index < -0.39 is 5.91 Å². The molecule has 0 bridgehead atoms. The minimum Gasteiger partial charge on any atom is -0.384 e. The lowest BCUT2D eigenvalue weighted by Crippen LogP contribution is -2.10. The van der Waals surface area contributed by atoms with Gasteiger partial charge in [0.25, 0.3) is 0 Å². The van der Waals surface area contributed by atoms with E-state index in [-0.39, 0.29) is 21.6 Å². The Morgan fingerprint density at radius 2 is 1.71 bits per heavy atom. The van der Waals surface area contributed by atoms with E-state index in [0.717, 1.165) is 0 Å². The number of nitrogens with two attached hydrogens (primary N) is 2. The van der Waals surface area contributed by atoms with Crippen molar-refractivity contribution in [2.75, 3.05) is 5.73 Å². The largest absolute Gasteiger partial charge is 0.384 e. The van der Waals surface area contributed by atoms with Crippen molar-refractivity contribution in [2.45, 2.75) is 0 Å². The number of nitrogens with one attached hydrogen (secondary N) is 1. The van der Waals surface area contributed by atoms with E-state index in [0.29, 0.717) is 16.7 Å². The Morgan fingerprint density at radius 1 is 1.14 bits per heavy atom. The van der Waals surface area contributed by atoms with Crippen LogP contribution in [-0.2, 0) is 0 Å². The van der Waals surface area contributed by atoms with Crippen LogP contribution in [0.5, 0.6) is 0 Å². The maximum Gasteiger partial charge on any atom is 0.248 e. The molecule has 0 radical (unpaired) electrons. The molecule has 0 fully saturated rings. The minimum atomic E-state index is -0.563. The van der Waals surface area contributed by atoms with Gasteiger partial charge in [-0.3, -0.25) is 4.79 Å². The molecular weight excluding hydrogens is 286 g/mol. The average Bonchev–Trinajstić information content (AvgIpc) is 2.46. The molecule has 0 aliphatic heterocycles. The van der Waals surface area contributed by atoms with Crippen molar-refractivity contribution in [3.63, 3.8) is 0 Å². The van der Waals surface area contributed by atoms with Gasteiger partial charge in [-0.15, -0.1) is 0 Å². The average molecular weight is 295 g/mol. The normalized spacial score (nSPS) is 9.62. The number of benzene rings is 1. The number of aromatic amines is 1. The van der Waals surface area contributed by atoms with E-state index in [4.69, 9.17) is 23.7 Å². The van der Waals surface area contributed by atoms with Gasteiger partial charge >= 0.3 is 0 Å². The summed E-state index contributed by atoms with van der Waals surface area (Å²) < 4.78 is 0.156. The summed E-state index contributed by atoms with van der Waals surface area (Å²) in [5.41, 5.74) is 12.4. The maximum absolute atomic E-state index is 11.1. The standard InChI is InChI=1S/C14H9N5OS/c15-5-9-11(10(6-16)14(21)19-12(9)17)7-1-3-8(4-2-7)13(18)20/h1-4H,(H2,18,20)(H3,17,19,21). The third-order valence-electron chi connectivity index (χ3n) is 2.93. The molecule has 1 aromatic heterocycles. The molecule has 102 valence electrons. The van der Waals surface area contributed by atoms with Gasteiger partial charge in [-0.2, -0.15) is 10.5 Å². The van der Waals surface area contributed by atoms with Gasteiger partial charge in [0.05, 0.1) is 5.56 Å². The second-order valence-electron chi connectivity index (χ2n) is 4.16. The lowest BCUT2D eigenvalue weighted by Gasteiger charge is -2.10. The summed E-state index contributed by atoms with van der Waals surface area (Å²) in [5.74, 6) is -0.470. The molecule has 6 nitrogen and oxygen atoms in total. The van der Waals surface area contributed by atoms with Crippen LogP contribution < -0.4 is 11.5 Å². The van der Waals surface area contributed by atoms with E-state index >= 15 is 0 Å². The molecule has 0 atom stereocenters. The topological polar surface area (TPSA) is 132 Å². The highest BCUT2D eigenvalue weighted by molar-refractivity contribution is 7.71. The Hall–Kier alpha value is -3.16. The highest BCUT2D eigenvalue weighted by Gasteiger charge is 2.16. The number of H-pyrrole nitrogens is 1. The van der Waals surface area contributed by atoms with E-state index in [1.54, 1.807) is 12.1 Å². The number of nitrogens with zero attached hydrogens (tertiary/aromatic N) is 2. The number of aromatic nitrogens is 1. The zero-order valence-electron chi connectivity index (χ0n) is 10.7. The van der Waals surface area contributed by atoms with Gasteiger partial charge in [-0.1, -0.05) is 24.4 Å². The van der Waals surface area contributed by atoms with Crippen LogP contribution in [0.1, 0.15) is 21.5 Å². The number of rotatable bonds is 2. The van der Waals surface area contributed by atoms with E-state index in [9.17, 15) is 15.3 Å². The van der Waals surface area contributed by atoms with Crippen LogP contribution >= 0.6 is 12.2 Å². The van der Waals surface area contributed by atoms with Crippen LogP contribution in [0, 0.1) is 27.3 Å². The SMILES string of the molecule is N#Cc1c(N)[nH]c(=S)c(C#N)c1-c1ccc(C(N)=O)cc1. The van der Waals surface area contributed by atoms with Crippen molar-refractivity contribution in [1.29, 1.82) is 10.5 Å². The number of nitriles is 2. The van der Waals surface area contributed by atoms with Gasteiger partial charge in [0.15, 0.2) is 0 Å². The summed E-state index contributed by atoms with van der Waals surface area (Å²) in [4.78, 5) is 13.7. The Bertz CT molecular complexity index is 868. The first-order valence-electron chi connectivity index (χ1n) is 5.75. The zero-order valence-corrected chi connectivity index (χ0v) is 11.5. The molecule has 1 amide bonds. The summed E-state index contributed by atoms with van der Waals surface area (Å²) in [6.45, 7) is 0. The van der Waals surface area contributed by atoms with Gasteiger partial charge in [0.2, 0.25) is 5.91 Å². The fourth-order valence-electron chi connectivity index (χ4n) is 1.93. The molecule has 2 rings (SSSR count). The first-order valence-corrected chi connectivity index (χ1v) is 6.16. The maximum atomic E-state index is 11.1. The summed E-state index contributed by atoms with van der Waals surface area (Å²) in [6, 6.07) is 10.1. The third-order valence-corrected chi connectivity index (χ3v) is 3.23. The smallest absolute Gasteiger partial charge is 0.248 e. The molecule has 0 aliphatic carbocycles. The number of nitrogen functional groups attached to an aromatic ring is 1. The quantitative estimate of drug-likeness (QED) is 0.727. The molecule has 0 unspecified atom stereocenters. The predicted octanol–water partition coefficient (Wildman–Crippen LogP) is 1.84. The lowest BCUT2D eigenvalue weighted by molar-refractivity contribution is 0.100. The van der Waals surface area contributed by atoms with Crippen molar-refractivity contribution < 1.29 is 4.79 Å². The molecule has 21 heavy (non-hydrogen) atoms. The molecule has 0 saturated heterocycles. The van der Waals surface area contributed by atoms with Crippen molar-refractivity contribution in [1.82, 2.24) is 4.98 Å². The fraction of sp³-hybridized carbons (Fsp3) is 0. The molecule has 0 aliphatic rings. The number of carbonyl (C=O) groups excluding carboxylic acids is 1. The summed E-state index contributed by atoms with van der Waals surface area (Å²) in [5, 5.41) is 18.5. The van der Waals surface area contributed by atoms with Crippen molar-refractivity contribution in [3.8, 4) is 23.3 Å². The highest BCUT2D eigenvalue weighted by Crippen LogP contribution is 2.30. The zero-order chi connectivity index (χ0) is 15.6. The van der Waals surface area contributed by atoms with Crippen LogP contribution in [0.4, 0.5) is 5.82 Å². The number of primary amides is 1. The third kappa shape index (κ3) is 2.46. The Balaban J connectivity index is 2.80. The molecule has 0 spiro atoms. The molecule has 1 aromatic carbocycles. The van der Waals surface area contributed by atoms with Gasteiger partial charge in [0, 0.05) is 11.1 Å². The van der Waals surface area contributed by atoms with Crippen molar-refractivity contribution in [2.24, 2.45) is 5.73 Å². The molecule has 2 aromatic rings. The molecular formula is C14H9N5OS. The number of anilines is 1. The Morgan fingerprint density at radius 3 is 2.19 bits per heavy atom. The van der Waals surface area contributed by atoms with Gasteiger partial charge < -0.3 is 16.5 Å². The molecule has 0 saturated carbocycles. The number of amides is 1. The van der Waals surface area contributed by atoms with Gasteiger partial charge in [-0.05, 0) is 17.7 Å². The number of pyridine rings is 1. The number of carbonyl (C=O) groups is 1. The number of hydrogen-bond acceptors (Lipinski definition) is 5.